The number of rotatable bonds is 5. The molecule has 0 aromatic heterocycles. The van der Waals surface area contributed by atoms with Gasteiger partial charge in [0.2, 0.25) is 5.91 Å². The van der Waals surface area contributed by atoms with Crippen LogP contribution >= 0.6 is 23.2 Å². The summed E-state index contributed by atoms with van der Waals surface area (Å²) in [7, 11) is 0. The fourth-order valence-electron chi connectivity index (χ4n) is 2.70. The van der Waals surface area contributed by atoms with Crippen LogP contribution in [0.1, 0.15) is 26.3 Å². The van der Waals surface area contributed by atoms with Crippen LogP contribution in [0.5, 0.6) is 0 Å². The first-order chi connectivity index (χ1) is 12.9. The van der Waals surface area contributed by atoms with E-state index in [-0.39, 0.29) is 23.4 Å². The fraction of sp³-hybridized carbons (Fsp3) is 0.118. The molecule has 0 saturated heterocycles. The molecule has 0 saturated carbocycles. The number of benzene rings is 2. The maximum atomic E-state index is 12.8. The topological polar surface area (TPSA) is 115 Å². The van der Waals surface area contributed by atoms with Gasteiger partial charge in [0.05, 0.1) is 23.4 Å². The Morgan fingerprint density at radius 2 is 1.96 bits per heavy atom. The minimum atomic E-state index is -0.599. The maximum absolute atomic E-state index is 12.8. The van der Waals surface area contributed by atoms with Gasteiger partial charge in [-0.15, -0.1) is 0 Å². The Hall–Kier alpha value is -3.06. The second kappa shape index (κ2) is 7.67. The minimum Gasteiger partial charge on any atom is -0.325 e. The zero-order chi connectivity index (χ0) is 19.6. The molecular weight excluding hydrogens is 393 g/mol. The molecule has 0 unspecified atom stereocenters. The highest BCUT2D eigenvalue weighted by Gasteiger charge is 2.38. The zero-order valence-electron chi connectivity index (χ0n) is 13.6. The summed E-state index contributed by atoms with van der Waals surface area (Å²) in [6.45, 7) is -0.484. The van der Waals surface area contributed by atoms with Gasteiger partial charge >= 0.3 is 0 Å². The third-order valence-electron chi connectivity index (χ3n) is 3.89. The van der Waals surface area contributed by atoms with Crippen LogP contribution in [0.3, 0.4) is 0 Å². The predicted molar refractivity (Wildman–Crippen MR) is 99.8 cm³/mol. The summed E-state index contributed by atoms with van der Waals surface area (Å²) in [6, 6.07) is 9.30. The molecule has 27 heavy (non-hydrogen) atoms. The lowest BCUT2D eigenvalue weighted by Gasteiger charge is -2.15. The van der Waals surface area contributed by atoms with E-state index in [0.717, 1.165) is 4.90 Å². The third-order valence-corrected chi connectivity index (χ3v) is 4.49. The Balaban J connectivity index is 1.91. The summed E-state index contributed by atoms with van der Waals surface area (Å²) in [5, 5.41) is 6.45. The average molecular weight is 404 g/mol. The van der Waals surface area contributed by atoms with Crippen LogP contribution < -0.4 is 5.32 Å². The van der Waals surface area contributed by atoms with Crippen molar-refractivity contribution in [3.8, 4) is 0 Å². The fourth-order valence-corrected chi connectivity index (χ4v) is 3.07. The molecule has 1 heterocycles. The monoisotopic (exact) mass is 403 g/mol. The van der Waals surface area contributed by atoms with Crippen molar-refractivity contribution in [1.82, 2.24) is 4.90 Å². The summed E-state index contributed by atoms with van der Waals surface area (Å²) in [4.78, 5) is 40.8. The molecule has 10 heteroatoms. The summed E-state index contributed by atoms with van der Waals surface area (Å²) >= 11 is 12.1. The lowest BCUT2D eigenvalue weighted by Crippen LogP contribution is -2.29. The normalized spacial score (nSPS) is 12.6. The van der Waals surface area contributed by atoms with Gasteiger partial charge in [0, 0.05) is 15.0 Å². The molecule has 0 bridgehead atoms. The smallest absolute Gasteiger partial charge is 0.263 e. The molecule has 136 valence electrons. The SMILES string of the molecule is [N-]=[N+]=NCC(=O)Nc1cccc2c1C(=O)N(Cc1cc(Cl)ccc1Cl)C2=O. The first-order valence-electron chi connectivity index (χ1n) is 7.66. The Morgan fingerprint density at radius 3 is 2.70 bits per heavy atom. The average Bonchev–Trinajstić information content (AvgIpc) is 2.88. The van der Waals surface area contributed by atoms with Crippen molar-refractivity contribution in [3.63, 3.8) is 0 Å². The van der Waals surface area contributed by atoms with Gasteiger partial charge < -0.3 is 5.32 Å². The van der Waals surface area contributed by atoms with Crippen LogP contribution in [0, 0.1) is 0 Å². The van der Waals surface area contributed by atoms with Crippen molar-refractivity contribution in [2.24, 2.45) is 5.11 Å². The quantitative estimate of drug-likeness (QED) is 0.351. The number of halogens is 2. The van der Waals surface area contributed by atoms with Gasteiger partial charge in [-0.3, -0.25) is 19.3 Å². The summed E-state index contributed by atoms with van der Waals surface area (Å²) in [6.07, 6.45) is 0. The van der Waals surface area contributed by atoms with Crippen LogP contribution in [-0.4, -0.2) is 29.2 Å². The van der Waals surface area contributed by atoms with E-state index in [1.807, 2.05) is 0 Å². The molecule has 1 aliphatic heterocycles. The van der Waals surface area contributed by atoms with E-state index >= 15 is 0 Å². The van der Waals surface area contributed by atoms with Crippen molar-refractivity contribution in [3.05, 3.63) is 73.6 Å². The molecule has 1 N–H and O–H groups in total. The van der Waals surface area contributed by atoms with E-state index in [0.29, 0.717) is 15.6 Å². The number of fused-ring (bicyclic) bond motifs is 1. The van der Waals surface area contributed by atoms with Gasteiger partial charge in [0.15, 0.2) is 0 Å². The molecule has 3 amide bonds. The van der Waals surface area contributed by atoms with Gasteiger partial charge in [-0.2, -0.15) is 0 Å². The van der Waals surface area contributed by atoms with Gasteiger partial charge in [-0.1, -0.05) is 34.4 Å². The second-order valence-electron chi connectivity index (χ2n) is 5.60. The molecule has 0 radical (unpaired) electrons. The van der Waals surface area contributed by atoms with Crippen molar-refractivity contribution >= 4 is 46.6 Å². The maximum Gasteiger partial charge on any atom is 0.263 e. The molecular formula is C17H11Cl2N5O3. The van der Waals surface area contributed by atoms with Crippen molar-refractivity contribution < 1.29 is 14.4 Å². The highest BCUT2D eigenvalue weighted by molar-refractivity contribution is 6.33. The molecule has 0 fully saturated rings. The number of carbonyl (C=O) groups excluding carboxylic acids is 3. The Labute approximate surface area is 163 Å². The van der Waals surface area contributed by atoms with Crippen LogP contribution in [0.15, 0.2) is 41.5 Å². The second-order valence-corrected chi connectivity index (χ2v) is 6.44. The molecule has 1 aliphatic rings. The van der Waals surface area contributed by atoms with Crippen LogP contribution in [0.4, 0.5) is 5.69 Å². The number of anilines is 1. The standard InChI is InChI=1S/C17H11Cl2N5O3/c18-10-4-5-12(19)9(6-10)8-24-16(26)11-2-1-3-13(15(11)17(24)27)22-14(25)7-21-23-20/h1-6H,7-8H2,(H,22,25). The Morgan fingerprint density at radius 1 is 1.19 bits per heavy atom. The van der Waals surface area contributed by atoms with Gasteiger partial charge in [-0.25, -0.2) is 0 Å². The molecule has 0 atom stereocenters. The highest BCUT2D eigenvalue weighted by Crippen LogP contribution is 2.32. The third kappa shape index (κ3) is 3.73. The predicted octanol–water partition coefficient (Wildman–Crippen LogP) is 4.04. The van der Waals surface area contributed by atoms with Crippen LogP contribution in [0.25, 0.3) is 10.4 Å². The van der Waals surface area contributed by atoms with E-state index in [4.69, 9.17) is 28.7 Å². The van der Waals surface area contributed by atoms with Crippen LogP contribution in [0.2, 0.25) is 10.0 Å². The van der Waals surface area contributed by atoms with Gasteiger partial charge in [0.25, 0.3) is 11.8 Å². The van der Waals surface area contributed by atoms with Crippen molar-refractivity contribution in [2.45, 2.75) is 6.54 Å². The van der Waals surface area contributed by atoms with Crippen molar-refractivity contribution in [2.75, 3.05) is 11.9 Å². The minimum absolute atomic E-state index is 0.0577. The number of amides is 3. The number of hydrogen-bond acceptors (Lipinski definition) is 4. The van der Waals surface area contributed by atoms with Gasteiger partial charge in [0.1, 0.15) is 6.54 Å². The van der Waals surface area contributed by atoms with E-state index in [1.165, 1.54) is 12.1 Å². The number of hydrogen-bond donors (Lipinski definition) is 1. The molecule has 8 nitrogen and oxygen atoms in total. The highest BCUT2D eigenvalue weighted by atomic mass is 35.5. The summed E-state index contributed by atoms with van der Waals surface area (Å²) in [5.41, 5.74) is 9.22. The zero-order valence-corrected chi connectivity index (χ0v) is 15.2. The lowest BCUT2D eigenvalue weighted by atomic mass is 10.1. The first kappa shape index (κ1) is 18.7. The van der Waals surface area contributed by atoms with E-state index in [9.17, 15) is 14.4 Å². The molecule has 0 aliphatic carbocycles. The number of nitrogens with one attached hydrogen (secondary N) is 1. The first-order valence-corrected chi connectivity index (χ1v) is 8.42. The van der Waals surface area contributed by atoms with Crippen molar-refractivity contribution in [1.29, 1.82) is 0 Å². The van der Waals surface area contributed by atoms with E-state index in [2.05, 4.69) is 15.3 Å². The Kier molecular flexibility index (Phi) is 5.32. The van der Waals surface area contributed by atoms with Crippen LogP contribution in [-0.2, 0) is 11.3 Å². The number of carbonyl (C=O) groups is 3. The largest absolute Gasteiger partial charge is 0.325 e. The molecule has 2 aromatic carbocycles. The molecule has 3 rings (SSSR count). The molecule has 2 aromatic rings. The van der Waals surface area contributed by atoms with E-state index < -0.39 is 24.3 Å². The number of imide groups is 1. The summed E-state index contributed by atoms with van der Waals surface area (Å²) in [5.74, 6) is -1.67. The lowest BCUT2D eigenvalue weighted by molar-refractivity contribution is -0.114. The number of azide groups is 1. The Bertz CT molecular complexity index is 1020. The molecule has 0 spiro atoms. The summed E-state index contributed by atoms with van der Waals surface area (Å²) < 4.78 is 0. The van der Waals surface area contributed by atoms with Gasteiger partial charge in [-0.05, 0) is 41.4 Å². The number of nitrogens with zero attached hydrogens (tertiary/aromatic N) is 4. The van der Waals surface area contributed by atoms with E-state index in [1.54, 1.807) is 24.3 Å².